The highest BCUT2D eigenvalue weighted by molar-refractivity contribution is 7.60. The lowest BCUT2D eigenvalue weighted by molar-refractivity contribution is 0.298. The number of hydrogen-bond donors (Lipinski definition) is 3. The van der Waals surface area contributed by atoms with Crippen molar-refractivity contribution >= 4 is 12.9 Å². The molecule has 0 aliphatic rings. The molecule has 33 heavy (non-hydrogen) atoms. The molecular formula is C27H44NO4P. The van der Waals surface area contributed by atoms with Crippen LogP contribution in [-0.4, -0.2) is 22.9 Å². The highest BCUT2D eigenvalue weighted by atomic mass is 31.2. The van der Waals surface area contributed by atoms with Crippen molar-refractivity contribution in [3.63, 3.8) is 0 Å². The van der Waals surface area contributed by atoms with E-state index < -0.39 is 7.60 Å². The number of rotatable bonds is 8. The Labute approximate surface area is 200 Å². The fourth-order valence-corrected chi connectivity index (χ4v) is 3.88. The summed E-state index contributed by atoms with van der Waals surface area (Å²) in [4.78, 5) is 17.4. The Morgan fingerprint density at radius 2 is 1.45 bits per heavy atom. The summed E-state index contributed by atoms with van der Waals surface area (Å²) in [5.41, 5.74) is 9.78. The highest BCUT2D eigenvalue weighted by Gasteiger charge is 2.18. The first-order valence-electron chi connectivity index (χ1n) is 11.7. The molecule has 0 radical (unpaired) electrons. The molecule has 0 aromatic heterocycles. The third-order valence-corrected chi connectivity index (χ3v) is 5.78. The average Bonchev–Trinajstić information content (AvgIpc) is 2.65. The van der Waals surface area contributed by atoms with Gasteiger partial charge < -0.3 is 20.3 Å². The Morgan fingerprint density at radius 1 is 0.879 bits per heavy atom. The van der Waals surface area contributed by atoms with Gasteiger partial charge in [-0.2, -0.15) is 0 Å². The summed E-state index contributed by atoms with van der Waals surface area (Å²) in [6.45, 7) is 17.0. The van der Waals surface area contributed by atoms with Gasteiger partial charge in [0.05, 0.1) is 11.9 Å². The molecule has 4 N–H and O–H groups in total. The van der Waals surface area contributed by atoms with E-state index in [0.29, 0.717) is 5.41 Å². The van der Waals surface area contributed by atoms with Crippen LogP contribution in [0.5, 0.6) is 5.75 Å². The topological polar surface area (TPSA) is 92.8 Å². The summed E-state index contributed by atoms with van der Waals surface area (Å²) in [6, 6.07) is 13.0. The Balaban J connectivity index is 0.000000412. The lowest BCUT2D eigenvalue weighted by atomic mass is 9.85. The SMILES string of the molecule is CC(C)(C)Cc1ccc(CC(C)(C)C)c(OCCCCN)c1.Cc1ccc(P(=O)(O)O)cc1. The second-order valence-corrected chi connectivity index (χ2v) is 12.7. The van der Waals surface area contributed by atoms with Crippen LogP contribution in [0.3, 0.4) is 0 Å². The van der Waals surface area contributed by atoms with Gasteiger partial charge in [-0.05, 0) is 79.3 Å². The first-order chi connectivity index (χ1) is 15.1. The molecule has 0 saturated heterocycles. The standard InChI is InChI=1S/C20H35NO.C7H9O3P/c1-19(2,3)14-16-9-10-17(15-20(4,5)6)18(13-16)22-12-8-7-11-21;1-6-2-4-7(5-3-6)11(8,9)10/h9-10,13H,7-8,11-12,14-15,21H2,1-6H3;2-5H,1H3,(H2,8,9,10). The summed E-state index contributed by atoms with van der Waals surface area (Å²) in [5.74, 6) is 1.06. The third-order valence-electron chi connectivity index (χ3n) is 4.81. The lowest BCUT2D eigenvalue weighted by Crippen LogP contribution is -2.13. The molecule has 0 aliphatic heterocycles. The largest absolute Gasteiger partial charge is 0.493 e. The van der Waals surface area contributed by atoms with Crippen LogP contribution in [0.4, 0.5) is 0 Å². The fraction of sp³-hybridized carbons (Fsp3) is 0.556. The Hall–Kier alpha value is -1.65. The fourth-order valence-electron chi connectivity index (χ4n) is 3.34. The Bertz CT molecular complexity index is 890. The van der Waals surface area contributed by atoms with E-state index in [1.807, 2.05) is 6.92 Å². The molecule has 0 amide bonds. The molecule has 5 nitrogen and oxygen atoms in total. The van der Waals surface area contributed by atoms with Gasteiger partial charge in [0.15, 0.2) is 0 Å². The number of unbranched alkanes of at least 4 members (excludes halogenated alkanes) is 1. The maximum Gasteiger partial charge on any atom is 0.356 e. The molecule has 2 rings (SSSR count). The van der Waals surface area contributed by atoms with Crippen LogP contribution in [0, 0.1) is 17.8 Å². The summed E-state index contributed by atoms with van der Waals surface area (Å²) in [7, 11) is -4.04. The van der Waals surface area contributed by atoms with Crippen LogP contribution in [0.25, 0.3) is 0 Å². The predicted octanol–water partition coefficient (Wildman–Crippen LogP) is 5.78. The van der Waals surface area contributed by atoms with E-state index in [4.69, 9.17) is 20.3 Å². The molecule has 2 aromatic carbocycles. The normalized spacial score (nSPS) is 12.2. The van der Waals surface area contributed by atoms with E-state index in [1.54, 1.807) is 12.1 Å². The van der Waals surface area contributed by atoms with Gasteiger partial charge in [0.1, 0.15) is 5.75 Å². The maximum atomic E-state index is 10.6. The maximum absolute atomic E-state index is 10.6. The first-order valence-corrected chi connectivity index (χ1v) is 13.3. The van der Waals surface area contributed by atoms with Crippen molar-refractivity contribution in [2.75, 3.05) is 13.2 Å². The molecule has 0 spiro atoms. The van der Waals surface area contributed by atoms with Crippen molar-refractivity contribution in [1.82, 2.24) is 0 Å². The minimum Gasteiger partial charge on any atom is -0.493 e. The van der Waals surface area contributed by atoms with E-state index in [2.05, 4.69) is 59.7 Å². The lowest BCUT2D eigenvalue weighted by Gasteiger charge is -2.23. The molecular weight excluding hydrogens is 433 g/mol. The zero-order chi connectivity index (χ0) is 25.3. The number of nitrogens with two attached hydrogens (primary N) is 1. The average molecular weight is 478 g/mol. The zero-order valence-electron chi connectivity index (χ0n) is 21.5. The van der Waals surface area contributed by atoms with Gasteiger partial charge in [-0.15, -0.1) is 0 Å². The van der Waals surface area contributed by atoms with Gasteiger partial charge in [0.25, 0.3) is 0 Å². The van der Waals surface area contributed by atoms with E-state index in [1.165, 1.54) is 23.3 Å². The Morgan fingerprint density at radius 3 is 1.94 bits per heavy atom. The van der Waals surface area contributed by atoms with E-state index in [0.717, 1.165) is 50.1 Å². The second kappa shape index (κ2) is 12.7. The smallest absolute Gasteiger partial charge is 0.356 e. The second-order valence-electron chi connectivity index (χ2n) is 11.1. The Kier molecular flexibility index (Phi) is 11.3. The molecule has 186 valence electrons. The minimum atomic E-state index is -4.04. The van der Waals surface area contributed by atoms with Crippen LogP contribution in [0.15, 0.2) is 42.5 Å². The van der Waals surface area contributed by atoms with Crippen LogP contribution >= 0.6 is 7.60 Å². The van der Waals surface area contributed by atoms with Gasteiger partial charge in [-0.1, -0.05) is 71.4 Å². The molecule has 6 heteroatoms. The van der Waals surface area contributed by atoms with Crippen molar-refractivity contribution < 1.29 is 19.1 Å². The summed E-state index contributed by atoms with van der Waals surface area (Å²) < 4.78 is 16.7. The molecule has 0 heterocycles. The van der Waals surface area contributed by atoms with Gasteiger partial charge in [0.2, 0.25) is 0 Å². The molecule has 2 aromatic rings. The van der Waals surface area contributed by atoms with Crippen molar-refractivity contribution in [2.24, 2.45) is 16.6 Å². The van der Waals surface area contributed by atoms with Crippen LogP contribution < -0.4 is 15.8 Å². The molecule has 0 atom stereocenters. The summed E-state index contributed by atoms with van der Waals surface area (Å²) in [6.07, 6.45) is 4.15. The van der Waals surface area contributed by atoms with E-state index in [-0.39, 0.29) is 10.7 Å². The summed E-state index contributed by atoms with van der Waals surface area (Å²) in [5, 5.41) is 0.0723. The van der Waals surface area contributed by atoms with Crippen LogP contribution in [0.2, 0.25) is 0 Å². The van der Waals surface area contributed by atoms with Gasteiger partial charge in [-0.25, -0.2) is 0 Å². The third kappa shape index (κ3) is 13.0. The summed E-state index contributed by atoms with van der Waals surface area (Å²) >= 11 is 0. The molecule has 0 aliphatic carbocycles. The van der Waals surface area contributed by atoms with Gasteiger partial charge in [0, 0.05) is 0 Å². The van der Waals surface area contributed by atoms with Crippen LogP contribution in [-0.2, 0) is 17.4 Å². The molecule has 0 saturated carbocycles. The molecule has 0 fully saturated rings. The predicted molar refractivity (Wildman–Crippen MR) is 139 cm³/mol. The quantitative estimate of drug-likeness (QED) is 0.331. The van der Waals surface area contributed by atoms with Gasteiger partial charge >= 0.3 is 7.60 Å². The van der Waals surface area contributed by atoms with Crippen molar-refractivity contribution in [3.8, 4) is 5.75 Å². The number of ether oxygens (including phenoxy) is 1. The van der Waals surface area contributed by atoms with E-state index >= 15 is 0 Å². The first kappa shape index (κ1) is 29.4. The van der Waals surface area contributed by atoms with Crippen molar-refractivity contribution in [3.05, 3.63) is 59.2 Å². The number of hydrogen-bond acceptors (Lipinski definition) is 3. The molecule has 0 unspecified atom stereocenters. The minimum absolute atomic E-state index is 0.0723. The van der Waals surface area contributed by atoms with Crippen molar-refractivity contribution in [2.45, 2.75) is 74.1 Å². The molecule has 0 bridgehead atoms. The number of aryl methyl sites for hydroxylation is 1. The van der Waals surface area contributed by atoms with E-state index in [9.17, 15) is 4.57 Å². The zero-order valence-corrected chi connectivity index (χ0v) is 22.4. The van der Waals surface area contributed by atoms with Gasteiger partial charge in [-0.3, -0.25) is 4.57 Å². The number of benzene rings is 2. The van der Waals surface area contributed by atoms with Crippen LogP contribution in [0.1, 0.15) is 71.1 Å². The highest BCUT2D eigenvalue weighted by Crippen LogP contribution is 2.33. The van der Waals surface area contributed by atoms with Crippen molar-refractivity contribution in [1.29, 1.82) is 0 Å². The monoisotopic (exact) mass is 477 g/mol.